The van der Waals surface area contributed by atoms with Crippen molar-refractivity contribution in [2.24, 2.45) is 0 Å². The molecule has 0 N–H and O–H groups in total. The van der Waals surface area contributed by atoms with Gasteiger partial charge in [-0.3, -0.25) is 14.2 Å². The molecule has 3 heterocycles. The monoisotopic (exact) mass is 487 g/mol. The molecule has 5 rings (SSSR count). The van der Waals surface area contributed by atoms with Crippen LogP contribution in [-0.4, -0.2) is 25.3 Å². The summed E-state index contributed by atoms with van der Waals surface area (Å²) in [5.41, 5.74) is 1.24. The Hall–Kier alpha value is -4.10. The highest BCUT2D eigenvalue weighted by Crippen LogP contribution is 2.33. The van der Waals surface area contributed by atoms with E-state index >= 15 is 0 Å². The third kappa shape index (κ3) is 4.50. The molecule has 1 aliphatic rings. The first-order valence-electron chi connectivity index (χ1n) is 11.3. The average molecular weight is 488 g/mol. The van der Waals surface area contributed by atoms with Crippen LogP contribution in [0.1, 0.15) is 45.2 Å². The number of esters is 1. The number of nitriles is 1. The van der Waals surface area contributed by atoms with Gasteiger partial charge in [0, 0.05) is 10.9 Å². The quantitative estimate of drug-likeness (QED) is 0.384. The van der Waals surface area contributed by atoms with Crippen LogP contribution < -0.4 is 11.1 Å². The zero-order valence-corrected chi connectivity index (χ0v) is 19.6. The van der Waals surface area contributed by atoms with Gasteiger partial charge in [-0.25, -0.2) is 14.5 Å². The van der Waals surface area contributed by atoms with Crippen molar-refractivity contribution >= 4 is 27.5 Å². The van der Waals surface area contributed by atoms with E-state index < -0.39 is 5.97 Å². The van der Waals surface area contributed by atoms with Crippen LogP contribution in [0.4, 0.5) is 0 Å². The maximum absolute atomic E-state index is 13.2. The Balaban J connectivity index is 1.41. The van der Waals surface area contributed by atoms with Crippen LogP contribution in [0.3, 0.4) is 0 Å². The molecule has 4 aromatic rings. The maximum Gasteiger partial charge on any atom is 0.359 e. The van der Waals surface area contributed by atoms with Crippen LogP contribution in [0.25, 0.3) is 10.2 Å². The molecule has 0 fully saturated rings. The third-order valence-corrected chi connectivity index (χ3v) is 7.15. The molecule has 0 atom stereocenters. The van der Waals surface area contributed by atoms with Gasteiger partial charge in [-0.2, -0.15) is 10.4 Å². The summed E-state index contributed by atoms with van der Waals surface area (Å²) in [6, 6.07) is 13.9. The molecular weight excluding hydrogens is 466 g/mol. The molecule has 0 aliphatic heterocycles. The predicted molar refractivity (Wildman–Crippen MR) is 129 cm³/mol. The zero-order valence-electron chi connectivity index (χ0n) is 18.8. The molecule has 0 radical (unpaired) electrons. The van der Waals surface area contributed by atoms with Crippen molar-refractivity contribution in [3.8, 4) is 6.07 Å². The fourth-order valence-electron chi connectivity index (χ4n) is 4.26. The van der Waals surface area contributed by atoms with Gasteiger partial charge in [0.25, 0.3) is 11.1 Å². The minimum absolute atomic E-state index is 0.0395. The predicted octanol–water partition coefficient (Wildman–Crippen LogP) is 2.82. The van der Waals surface area contributed by atoms with E-state index in [4.69, 9.17) is 4.74 Å². The molecule has 0 saturated carbocycles. The van der Waals surface area contributed by atoms with Gasteiger partial charge < -0.3 is 4.74 Å². The van der Waals surface area contributed by atoms with Crippen LogP contribution in [-0.2, 0) is 37.3 Å². The van der Waals surface area contributed by atoms with Crippen molar-refractivity contribution in [1.29, 1.82) is 5.26 Å². The standard InChI is InChI=1S/C25H21N5O4S/c26-12-13-29-20(27-23-22(24(29)32)17-8-4-5-9-19(17)35-23)15-34-25(33)18-10-11-21(31)30(28-18)14-16-6-2-1-3-7-16/h1-3,6-7,10-11H,4-5,8-9,13-15H2. The Morgan fingerprint density at radius 1 is 1.11 bits per heavy atom. The van der Waals surface area contributed by atoms with Gasteiger partial charge in [0.1, 0.15) is 18.0 Å². The minimum Gasteiger partial charge on any atom is -0.453 e. The molecule has 35 heavy (non-hydrogen) atoms. The summed E-state index contributed by atoms with van der Waals surface area (Å²) in [5.74, 6) is -0.552. The molecule has 0 bridgehead atoms. The second-order valence-electron chi connectivity index (χ2n) is 8.24. The van der Waals surface area contributed by atoms with E-state index in [-0.39, 0.29) is 42.3 Å². The Kier molecular flexibility index (Phi) is 6.25. The summed E-state index contributed by atoms with van der Waals surface area (Å²) < 4.78 is 7.87. The maximum atomic E-state index is 13.2. The van der Waals surface area contributed by atoms with Crippen molar-refractivity contribution in [3.05, 3.63) is 90.7 Å². The number of thiophene rings is 1. The second-order valence-corrected chi connectivity index (χ2v) is 9.33. The highest BCUT2D eigenvalue weighted by atomic mass is 32.1. The zero-order chi connectivity index (χ0) is 24.4. The number of fused-ring (bicyclic) bond motifs is 3. The summed E-state index contributed by atoms with van der Waals surface area (Å²) in [4.78, 5) is 44.5. The number of aryl methyl sites for hydroxylation is 2. The lowest BCUT2D eigenvalue weighted by atomic mass is 9.97. The van der Waals surface area contributed by atoms with Crippen molar-refractivity contribution in [2.75, 3.05) is 0 Å². The summed E-state index contributed by atoms with van der Waals surface area (Å²) in [7, 11) is 0. The lowest BCUT2D eigenvalue weighted by Crippen LogP contribution is -2.27. The Morgan fingerprint density at radius 3 is 2.71 bits per heavy atom. The van der Waals surface area contributed by atoms with Gasteiger partial charge in [-0.05, 0) is 42.9 Å². The number of carbonyl (C=O) groups is 1. The van der Waals surface area contributed by atoms with Gasteiger partial charge in [0.2, 0.25) is 0 Å². The molecule has 9 nitrogen and oxygen atoms in total. The van der Waals surface area contributed by atoms with E-state index in [0.717, 1.165) is 36.8 Å². The molecule has 0 unspecified atom stereocenters. The molecular formula is C25H21N5O4S. The third-order valence-electron chi connectivity index (χ3n) is 5.97. The minimum atomic E-state index is -0.755. The number of ether oxygens (including phenoxy) is 1. The van der Waals surface area contributed by atoms with Crippen molar-refractivity contribution < 1.29 is 9.53 Å². The number of hydrogen-bond donors (Lipinski definition) is 0. The van der Waals surface area contributed by atoms with Crippen LogP contribution >= 0.6 is 11.3 Å². The first-order valence-corrected chi connectivity index (χ1v) is 12.1. The molecule has 1 aliphatic carbocycles. The average Bonchev–Trinajstić information content (AvgIpc) is 3.25. The molecule has 10 heteroatoms. The van der Waals surface area contributed by atoms with E-state index in [9.17, 15) is 19.6 Å². The van der Waals surface area contributed by atoms with Crippen LogP contribution in [0, 0.1) is 11.3 Å². The molecule has 0 spiro atoms. The second kappa shape index (κ2) is 9.64. The number of hydrogen-bond acceptors (Lipinski definition) is 8. The van der Waals surface area contributed by atoms with Crippen molar-refractivity contribution in [1.82, 2.24) is 19.3 Å². The number of carbonyl (C=O) groups excluding carboxylic acids is 1. The van der Waals surface area contributed by atoms with Crippen LogP contribution in [0.5, 0.6) is 0 Å². The number of aromatic nitrogens is 4. The Bertz CT molecular complexity index is 1580. The van der Waals surface area contributed by atoms with Gasteiger partial charge in [0.15, 0.2) is 11.5 Å². The van der Waals surface area contributed by atoms with Crippen LogP contribution in [0.2, 0.25) is 0 Å². The van der Waals surface area contributed by atoms with Crippen molar-refractivity contribution in [3.63, 3.8) is 0 Å². The highest BCUT2D eigenvalue weighted by molar-refractivity contribution is 7.18. The first kappa shape index (κ1) is 22.7. The number of benzene rings is 1. The fourth-order valence-corrected chi connectivity index (χ4v) is 5.53. The fraction of sp³-hybridized carbons (Fsp3) is 0.280. The Morgan fingerprint density at radius 2 is 1.91 bits per heavy atom. The summed E-state index contributed by atoms with van der Waals surface area (Å²) in [6.45, 7) is -0.281. The first-order chi connectivity index (χ1) is 17.0. The Labute approximate surface area is 203 Å². The molecule has 3 aromatic heterocycles. The highest BCUT2D eigenvalue weighted by Gasteiger charge is 2.23. The van der Waals surface area contributed by atoms with E-state index in [0.29, 0.717) is 10.2 Å². The smallest absolute Gasteiger partial charge is 0.359 e. The molecule has 0 amide bonds. The van der Waals surface area contributed by atoms with E-state index in [1.54, 1.807) is 0 Å². The molecule has 1 aromatic carbocycles. The SMILES string of the molecule is N#CCn1c(COC(=O)c2ccc(=O)n(Cc3ccccc3)n2)nc2sc3c(c2c1=O)CCCC3. The normalized spacial score (nSPS) is 12.8. The van der Waals surface area contributed by atoms with Gasteiger partial charge in [-0.15, -0.1) is 11.3 Å². The number of rotatable bonds is 6. The topological polar surface area (TPSA) is 120 Å². The summed E-state index contributed by atoms with van der Waals surface area (Å²) in [6.07, 6.45) is 3.85. The summed E-state index contributed by atoms with van der Waals surface area (Å²) in [5, 5.41) is 14.0. The number of nitrogens with zero attached hydrogens (tertiary/aromatic N) is 5. The summed E-state index contributed by atoms with van der Waals surface area (Å²) >= 11 is 1.49. The van der Waals surface area contributed by atoms with Crippen LogP contribution in [0.15, 0.2) is 52.1 Å². The molecule has 0 saturated heterocycles. The van der Waals surface area contributed by atoms with E-state index in [1.165, 1.54) is 37.6 Å². The van der Waals surface area contributed by atoms with Crippen molar-refractivity contribution in [2.45, 2.75) is 45.4 Å². The molecule has 176 valence electrons. The van der Waals surface area contributed by atoms with Gasteiger partial charge in [0.05, 0.1) is 18.0 Å². The lowest BCUT2D eigenvalue weighted by molar-refractivity contribution is 0.0447. The van der Waals surface area contributed by atoms with Gasteiger partial charge in [-0.1, -0.05) is 30.3 Å². The van der Waals surface area contributed by atoms with E-state index in [2.05, 4.69) is 10.1 Å². The lowest BCUT2D eigenvalue weighted by Gasteiger charge is -2.12. The largest absolute Gasteiger partial charge is 0.453 e. The van der Waals surface area contributed by atoms with E-state index in [1.807, 2.05) is 36.4 Å². The van der Waals surface area contributed by atoms with Gasteiger partial charge >= 0.3 is 5.97 Å².